The van der Waals surface area contributed by atoms with E-state index < -0.39 is 28.6 Å². The third kappa shape index (κ3) is 5.84. The Morgan fingerprint density at radius 1 is 0.950 bits per heavy atom. The average molecular weight is 549 g/mol. The maximum Gasteiger partial charge on any atom is 0.268 e. The Morgan fingerprint density at radius 3 is 2.23 bits per heavy atom. The number of carbonyl (C=O) groups is 2. The SMILES string of the molecule is O=C(NCc1ccc(F)cc1)c1c(O)c2ncc(Cc3ccc(F)cc3)cc2n(CC(=O)N2CCOCC2)c1=O. The molecule has 9 nitrogen and oxygen atoms in total. The molecule has 2 N–H and O–H groups in total. The Kier molecular flexibility index (Phi) is 7.83. The summed E-state index contributed by atoms with van der Waals surface area (Å²) in [6, 6.07) is 13.0. The molecule has 5 rings (SSSR count). The van der Waals surface area contributed by atoms with Gasteiger partial charge in [0.25, 0.3) is 11.5 Å². The number of ether oxygens (including phenoxy) is 1. The van der Waals surface area contributed by atoms with E-state index in [9.17, 15) is 28.3 Å². The van der Waals surface area contributed by atoms with E-state index in [2.05, 4.69) is 10.3 Å². The van der Waals surface area contributed by atoms with Crippen LogP contribution in [-0.4, -0.2) is 57.7 Å². The molecule has 40 heavy (non-hydrogen) atoms. The zero-order chi connectivity index (χ0) is 28.2. The van der Waals surface area contributed by atoms with Gasteiger partial charge in [-0.25, -0.2) is 8.78 Å². The van der Waals surface area contributed by atoms with Crippen LogP contribution in [0.15, 0.2) is 65.6 Å². The minimum atomic E-state index is -0.863. The predicted molar refractivity (Wildman–Crippen MR) is 142 cm³/mol. The standard InChI is InChI=1S/C29H26F2N4O5/c30-21-5-1-18(2-6-21)13-20-14-23-26(32-16-20)27(37)25(28(38)33-15-19-3-7-22(31)8-4-19)29(39)35(23)17-24(36)34-9-11-40-12-10-34/h1-8,14,16,37H,9-13,15,17H2,(H,33,38). The first kappa shape index (κ1) is 26.9. The molecule has 1 fully saturated rings. The fraction of sp³-hybridized carbons (Fsp3) is 0.241. The number of hydrogen-bond donors (Lipinski definition) is 2. The van der Waals surface area contributed by atoms with Crippen molar-refractivity contribution in [1.29, 1.82) is 0 Å². The van der Waals surface area contributed by atoms with Crippen molar-refractivity contribution in [3.8, 4) is 5.75 Å². The number of morpholine rings is 1. The van der Waals surface area contributed by atoms with Gasteiger partial charge in [-0.2, -0.15) is 0 Å². The number of nitrogens with one attached hydrogen (secondary N) is 1. The Morgan fingerprint density at radius 2 is 1.57 bits per heavy atom. The zero-order valence-corrected chi connectivity index (χ0v) is 21.4. The van der Waals surface area contributed by atoms with Crippen molar-refractivity contribution < 1.29 is 28.2 Å². The maximum absolute atomic E-state index is 13.7. The molecule has 0 unspecified atom stereocenters. The third-order valence-corrected chi connectivity index (χ3v) is 6.71. The molecule has 3 heterocycles. The maximum atomic E-state index is 13.7. The van der Waals surface area contributed by atoms with Gasteiger partial charge in [-0.1, -0.05) is 24.3 Å². The lowest BCUT2D eigenvalue weighted by Crippen LogP contribution is -2.44. The lowest BCUT2D eigenvalue weighted by molar-refractivity contribution is -0.135. The van der Waals surface area contributed by atoms with Crippen molar-refractivity contribution in [3.05, 3.63) is 105 Å². The highest BCUT2D eigenvalue weighted by atomic mass is 19.1. The fourth-order valence-electron chi connectivity index (χ4n) is 4.56. The smallest absolute Gasteiger partial charge is 0.268 e. The number of pyridine rings is 2. The van der Waals surface area contributed by atoms with Crippen LogP contribution in [0.25, 0.3) is 11.0 Å². The van der Waals surface area contributed by atoms with E-state index in [1.54, 1.807) is 23.1 Å². The van der Waals surface area contributed by atoms with Crippen molar-refractivity contribution >= 4 is 22.8 Å². The van der Waals surface area contributed by atoms with Gasteiger partial charge in [0.15, 0.2) is 5.75 Å². The average Bonchev–Trinajstić information content (AvgIpc) is 2.96. The molecule has 4 aromatic rings. The van der Waals surface area contributed by atoms with Crippen LogP contribution in [0.1, 0.15) is 27.0 Å². The highest BCUT2D eigenvalue weighted by Crippen LogP contribution is 2.26. The van der Waals surface area contributed by atoms with Gasteiger partial charge in [-0.15, -0.1) is 0 Å². The van der Waals surface area contributed by atoms with Gasteiger partial charge in [0.1, 0.15) is 29.3 Å². The van der Waals surface area contributed by atoms with Crippen molar-refractivity contribution in [2.45, 2.75) is 19.5 Å². The van der Waals surface area contributed by atoms with E-state index in [4.69, 9.17) is 4.74 Å². The van der Waals surface area contributed by atoms with Crippen LogP contribution in [0.4, 0.5) is 8.78 Å². The minimum Gasteiger partial charge on any atom is -0.505 e. The molecular weight excluding hydrogens is 522 g/mol. The van der Waals surface area contributed by atoms with Crippen LogP contribution in [0.2, 0.25) is 0 Å². The molecule has 206 valence electrons. The largest absolute Gasteiger partial charge is 0.505 e. The number of aromatic hydroxyl groups is 1. The molecule has 0 spiro atoms. The molecule has 11 heteroatoms. The van der Waals surface area contributed by atoms with Gasteiger partial charge in [0.05, 0.1) is 18.7 Å². The van der Waals surface area contributed by atoms with E-state index in [0.717, 1.165) is 10.1 Å². The lowest BCUT2D eigenvalue weighted by Gasteiger charge is -2.27. The summed E-state index contributed by atoms with van der Waals surface area (Å²) in [5.74, 6) is -2.62. The summed E-state index contributed by atoms with van der Waals surface area (Å²) in [4.78, 5) is 45.8. The minimum absolute atomic E-state index is 0.0211. The molecule has 1 aliphatic heterocycles. The second kappa shape index (κ2) is 11.6. The molecular formula is C29H26F2N4O5. The number of aromatic nitrogens is 2. The first-order chi connectivity index (χ1) is 19.3. The number of amides is 2. The van der Waals surface area contributed by atoms with Gasteiger partial charge < -0.3 is 20.1 Å². The van der Waals surface area contributed by atoms with Crippen LogP contribution in [0.3, 0.4) is 0 Å². The number of benzene rings is 2. The van der Waals surface area contributed by atoms with Crippen LogP contribution < -0.4 is 10.9 Å². The van der Waals surface area contributed by atoms with Crippen LogP contribution in [-0.2, 0) is 29.0 Å². The topological polar surface area (TPSA) is 114 Å². The van der Waals surface area contributed by atoms with Gasteiger partial charge in [-0.3, -0.25) is 23.9 Å². The molecule has 0 aliphatic carbocycles. The summed E-state index contributed by atoms with van der Waals surface area (Å²) < 4.78 is 33.0. The number of halogens is 2. The Labute approximate surface area is 227 Å². The summed E-state index contributed by atoms with van der Waals surface area (Å²) in [5.41, 5.74) is 0.775. The molecule has 2 aromatic carbocycles. The highest BCUT2D eigenvalue weighted by Gasteiger charge is 2.26. The third-order valence-electron chi connectivity index (χ3n) is 6.71. The van der Waals surface area contributed by atoms with E-state index in [1.807, 2.05) is 0 Å². The molecule has 0 atom stereocenters. The molecule has 1 saturated heterocycles. The van der Waals surface area contributed by atoms with E-state index in [1.165, 1.54) is 42.6 Å². The summed E-state index contributed by atoms with van der Waals surface area (Å²) in [6.45, 7) is 1.07. The van der Waals surface area contributed by atoms with Crippen molar-refractivity contribution in [2.75, 3.05) is 26.3 Å². The van der Waals surface area contributed by atoms with Crippen LogP contribution >= 0.6 is 0 Å². The molecule has 0 saturated carbocycles. The first-order valence-corrected chi connectivity index (χ1v) is 12.7. The van der Waals surface area contributed by atoms with Crippen molar-refractivity contribution in [2.24, 2.45) is 0 Å². The lowest BCUT2D eigenvalue weighted by atomic mass is 10.1. The number of nitrogens with zero attached hydrogens (tertiary/aromatic N) is 3. The normalized spacial score (nSPS) is 13.4. The number of rotatable bonds is 7. The monoisotopic (exact) mass is 548 g/mol. The fourth-order valence-corrected chi connectivity index (χ4v) is 4.56. The number of hydrogen-bond acceptors (Lipinski definition) is 6. The van der Waals surface area contributed by atoms with Gasteiger partial charge in [0, 0.05) is 25.8 Å². The van der Waals surface area contributed by atoms with Crippen molar-refractivity contribution in [1.82, 2.24) is 19.8 Å². The summed E-state index contributed by atoms with van der Waals surface area (Å²) >= 11 is 0. The second-order valence-electron chi connectivity index (χ2n) is 9.43. The molecule has 1 aliphatic rings. The molecule has 2 aromatic heterocycles. The Hall–Kier alpha value is -4.64. The molecule has 0 bridgehead atoms. The van der Waals surface area contributed by atoms with E-state index in [0.29, 0.717) is 43.9 Å². The van der Waals surface area contributed by atoms with Crippen LogP contribution in [0, 0.1) is 11.6 Å². The Bertz CT molecular complexity index is 1620. The first-order valence-electron chi connectivity index (χ1n) is 12.7. The Balaban J connectivity index is 1.53. The predicted octanol–water partition coefficient (Wildman–Crippen LogP) is 2.76. The zero-order valence-electron chi connectivity index (χ0n) is 21.4. The van der Waals surface area contributed by atoms with Gasteiger partial charge in [-0.05, 0) is 53.4 Å². The summed E-state index contributed by atoms with van der Waals surface area (Å²) in [7, 11) is 0. The molecule has 2 amide bonds. The quantitative estimate of drug-likeness (QED) is 0.367. The van der Waals surface area contributed by atoms with Gasteiger partial charge in [0.2, 0.25) is 5.91 Å². The number of fused-ring (bicyclic) bond motifs is 1. The van der Waals surface area contributed by atoms with E-state index >= 15 is 0 Å². The summed E-state index contributed by atoms with van der Waals surface area (Å²) in [6.07, 6.45) is 1.85. The highest BCUT2D eigenvalue weighted by molar-refractivity contribution is 6.01. The summed E-state index contributed by atoms with van der Waals surface area (Å²) in [5, 5.41) is 13.6. The van der Waals surface area contributed by atoms with Crippen LogP contribution in [0.5, 0.6) is 5.75 Å². The number of carbonyl (C=O) groups excluding carboxylic acids is 2. The van der Waals surface area contributed by atoms with Gasteiger partial charge >= 0.3 is 0 Å². The van der Waals surface area contributed by atoms with Crippen molar-refractivity contribution in [3.63, 3.8) is 0 Å². The van der Waals surface area contributed by atoms with E-state index in [-0.39, 0.29) is 35.8 Å². The molecule has 0 radical (unpaired) electrons. The second-order valence-corrected chi connectivity index (χ2v) is 9.43.